The van der Waals surface area contributed by atoms with E-state index in [2.05, 4.69) is 0 Å². The highest BCUT2D eigenvalue weighted by Gasteiger charge is 2.45. The van der Waals surface area contributed by atoms with Crippen LogP contribution in [0.5, 0.6) is 0 Å². The highest BCUT2D eigenvalue weighted by Crippen LogP contribution is 2.23. The van der Waals surface area contributed by atoms with Gasteiger partial charge < -0.3 is 24.8 Å². The fourth-order valence-corrected chi connectivity index (χ4v) is 2.47. The second kappa shape index (κ2) is 7.12. The van der Waals surface area contributed by atoms with E-state index in [1.807, 2.05) is 13.8 Å². The molecular formula is C11H22O8S. The van der Waals surface area contributed by atoms with Gasteiger partial charge in [0.25, 0.3) is 10.1 Å². The van der Waals surface area contributed by atoms with Crippen LogP contribution in [0.25, 0.3) is 0 Å². The van der Waals surface area contributed by atoms with Gasteiger partial charge in [0.2, 0.25) is 0 Å². The number of aliphatic hydroxyl groups is 3. The van der Waals surface area contributed by atoms with Crippen molar-refractivity contribution in [2.45, 2.75) is 51.0 Å². The summed E-state index contributed by atoms with van der Waals surface area (Å²) in [7, 11) is -4.39. The van der Waals surface area contributed by atoms with Crippen LogP contribution in [0.1, 0.15) is 20.3 Å². The van der Waals surface area contributed by atoms with Gasteiger partial charge in [-0.25, -0.2) is 0 Å². The molecule has 0 saturated carbocycles. The molecule has 0 spiro atoms. The fraction of sp³-hybridized carbons (Fsp3) is 1.00. The second-order valence-corrected chi connectivity index (χ2v) is 6.61. The molecule has 8 nitrogen and oxygen atoms in total. The molecule has 0 aromatic rings. The monoisotopic (exact) mass is 314 g/mol. The van der Waals surface area contributed by atoms with Gasteiger partial charge in [0.05, 0.1) is 6.61 Å². The Bertz CT molecular complexity index is 397. The van der Waals surface area contributed by atoms with Crippen molar-refractivity contribution in [1.82, 2.24) is 0 Å². The van der Waals surface area contributed by atoms with Gasteiger partial charge in [-0.15, -0.1) is 0 Å². The number of aliphatic hydroxyl groups excluding tert-OH is 3. The third-order valence-electron chi connectivity index (χ3n) is 3.29. The lowest BCUT2D eigenvalue weighted by molar-refractivity contribution is -0.294. The Morgan fingerprint density at radius 3 is 2.30 bits per heavy atom. The maximum atomic E-state index is 10.8. The van der Waals surface area contributed by atoms with E-state index in [-0.39, 0.29) is 12.5 Å². The number of hydrogen-bond donors (Lipinski definition) is 4. The molecule has 4 unspecified atom stereocenters. The third kappa shape index (κ3) is 4.92. The SMILES string of the molecule is CCC(C)COC1OC(CS(=O)(=O)O)[C@H](O)[C@H](O)C1O. The van der Waals surface area contributed by atoms with Crippen LogP contribution in [0.15, 0.2) is 0 Å². The Hall–Kier alpha value is -0.290. The van der Waals surface area contributed by atoms with E-state index in [9.17, 15) is 23.7 Å². The largest absolute Gasteiger partial charge is 0.388 e. The first-order chi connectivity index (χ1) is 9.15. The summed E-state index contributed by atoms with van der Waals surface area (Å²) in [5, 5.41) is 29.1. The zero-order valence-electron chi connectivity index (χ0n) is 11.4. The smallest absolute Gasteiger partial charge is 0.267 e. The highest BCUT2D eigenvalue weighted by atomic mass is 32.2. The summed E-state index contributed by atoms with van der Waals surface area (Å²) in [6.45, 7) is 4.11. The van der Waals surface area contributed by atoms with Gasteiger partial charge >= 0.3 is 0 Å². The van der Waals surface area contributed by atoms with Gasteiger partial charge in [0, 0.05) is 0 Å². The minimum absolute atomic E-state index is 0.190. The minimum Gasteiger partial charge on any atom is -0.388 e. The molecule has 0 aromatic heterocycles. The average molecular weight is 314 g/mol. The molecule has 0 radical (unpaired) electrons. The van der Waals surface area contributed by atoms with Gasteiger partial charge in [0.1, 0.15) is 30.2 Å². The minimum atomic E-state index is -4.39. The van der Waals surface area contributed by atoms with E-state index >= 15 is 0 Å². The molecular weight excluding hydrogens is 292 g/mol. The molecule has 1 aliphatic rings. The lowest BCUT2D eigenvalue weighted by atomic mass is 10.00. The molecule has 1 heterocycles. The topological polar surface area (TPSA) is 134 Å². The molecule has 1 saturated heterocycles. The molecule has 120 valence electrons. The van der Waals surface area contributed by atoms with E-state index in [1.54, 1.807) is 0 Å². The van der Waals surface area contributed by atoms with Crippen molar-refractivity contribution in [1.29, 1.82) is 0 Å². The van der Waals surface area contributed by atoms with Crippen LogP contribution in [-0.2, 0) is 19.6 Å². The number of ether oxygens (including phenoxy) is 2. The van der Waals surface area contributed by atoms with Gasteiger partial charge in [-0.1, -0.05) is 20.3 Å². The maximum absolute atomic E-state index is 10.8. The molecule has 1 aliphatic heterocycles. The summed E-state index contributed by atoms with van der Waals surface area (Å²) in [6, 6.07) is 0. The van der Waals surface area contributed by atoms with Gasteiger partial charge in [-0.05, 0) is 5.92 Å². The second-order valence-electron chi connectivity index (χ2n) is 5.11. The zero-order valence-corrected chi connectivity index (χ0v) is 12.2. The maximum Gasteiger partial charge on any atom is 0.267 e. The number of rotatable bonds is 6. The molecule has 4 N–H and O–H groups in total. The van der Waals surface area contributed by atoms with Crippen molar-refractivity contribution in [3.05, 3.63) is 0 Å². The Kier molecular flexibility index (Phi) is 6.32. The molecule has 1 rings (SSSR count). The Morgan fingerprint density at radius 2 is 1.80 bits per heavy atom. The molecule has 20 heavy (non-hydrogen) atoms. The number of hydrogen-bond acceptors (Lipinski definition) is 7. The van der Waals surface area contributed by atoms with Crippen LogP contribution in [0, 0.1) is 5.92 Å². The lowest BCUT2D eigenvalue weighted by Crippen LogP contribution is -2.59. The summed E-state index contributed by atoms with van der Waals surface area (Å²) >= 11 is 0. The van der Waals surface area contributed by atoms with Crippen molar-refractivity contribution >= 4 is 10.1 Å². The fourth-order valence-electron chi connectivity index (χ4n) is 1.78. The summed E-state index contributed by atoms with van der Waals surface area (Å²) in [4.78, 5) is 0. The normalized spacial score (nSPS) is 36.8. The van der Waals surface area contributed by atoms with E-state index in [1.165, 1.54) is 0 Å². The summed E-state index contributed by atoms with van der Waals surface area (Å²) in [6.07, 6.45) is -6.53. The summed E-state index contributed by atoms with van der Waals surface area (Å²) in [5.41, 5.74) is 0. The molecule has 0 bridgehead atoms. The van der Waals surface area contributed by atoms with Crippen LogP contribution >= 0.6 is 0 Å². The van der Waals surface area contributed by atoms with Crippen LogP contribution in [-0.4, -0.2) is 71.4 Å². The van der Waals surface area contributed by atoms with Gasteiger partial charge in [-0.2, -0.15) is 8.42 Å². The van der Waals surface area contributed by atoms with Crippen molar-refractivity contribution in [3.8, 4) is 0 Å². The molecule has 6 atom stereocenters. The lowest BCUT2D eigenvalue weighted by Gasteiger charge is -2.40. The van der Waals surface area contributed by atoms with Crippen LogP contribution < -0.4 is 0 Å². The molecule has 9 heteroatoms. The quantitative estimate of drug-likeness (QED) is 0.447. The first-order valence-electron chi connectivity index (χ1n) is 6.42. The predicted molar refractivity (Wildman–Crippen MR) is 68.5 cm³/mol. The van der Waals surface area contributed by atoms with Crippen LogP contribution in [0.4, 0.5) is 0 Å². The zero-order chi connectivity index (χ0) is 15.5. The Balaban J connectivity index is 2.70. The Morgan fingerprint density at radius 1 is 1.20 bits per heavy atom. The van der Waals surface area contributed by atoms with E-state index in [0.29, 0.717) is 0 Å². The first kappa shape index (κ1) is 17.8. The standard InChI is InChI=1S/C11H22O8S/c1-3-6(2)4-18-11-10(14)9(13)8(12)7(19-11)5-20(15,16)17/h6-14H,3-5H2,1-2H3,(H,15,16,17)/t6?,7?,8-,9-,10?,11?/m0/s1. The van der Waals surface area contributed by atoms with E-state index in [0.717, 1.165) is 6.42 Å². The summed E-state index contributed by atoms with van der Waals surface area (Å²) < 4.78 is 40.9. The Labute approximate surface area is 118 Å². The van der Waals surface area contributed by atoms with Crippen molar-refractivity contribution in [2.75, 3.05) is 12.4 Å². The van der Waals surface area contributed by atoms with Crippen molar-refractivity contribution in [3.63, 3.8) is 0 Å². The molecule has 1 fully saturated rings. The van der Waals surface area contributed by atoms with E-state index in [4.69, 9.17) is 14.0 Å². The molecule has 0 aromatic carbocycles. The van der Waals surface area contributed by atoms with Crippen molar-refractivity contribution < 1.29 is 37.8 Å². The third-order valence-corrected chi connectivity index (χ3v) is 4.04. The van der Waals surface area contributed by atoms with Gasteiger partial charge in [0.15, 0.2) is 6.29 Å². The molecule has 0 amide bonds. The average Bonchev–Trinajstić information content (AvgIpc) is 2.36. The van der Waals surface area contributed by atoms with Crippen LogP contribution in [0.3, 0.4) is 0 Å². The van der Waals surface area contributed by atoms with Crippen LogP contribution in [0.2, 0.25) is 0 Å². The predicted octanol–water partition coefficient (Wildman–Crippen LogP) is -1.26. The first-order valence-corrected chi connectivity index (χ1v) is 8.03. The van der Waals surface area contributed by atoms with Crippen molar-refractivity contribution in [2.24, 2.45) is 5.92 Å². The van der Waals surface area contributed by atoms with E-state index < -0.39 is 46.6 Å². The molecule has 0 aliphatic carbocycles. The van der Waals surface area contributed by atoms with Gasteiger partial charge in [-0.3, -0.25) is 4.55 Å². The summed E-state index contributed by atoms with van der Waals surface area (Å²) in [5.74, 6) is -0.698. The highest BCUT2D eigenvalue weighted by molar-refractivity contribution is 7.85.